The lowest BCUT2D eigenvalue weighted by molar-refractivity contribution is -0.00641. The van der Waals surface area contributed by atoms with E-state index >= 15 is 0 Å². The van der Waals surface area contributed by atoms with E-state index in [-0.39, 0.29) is 35.5 Å². The summed E-state index contributed by atoms with van der Waals surface area (Å²) in [6, 6.07) is 6.86. The fraction of sp³-hybridized carbons (Fsp3) is 0.238. The maximum Gasteiger partial charge on any atom is 0.301 e. The normalized spacial score (nSPS) is 11.7. The lowest BCUT2D eigenvalue weighted by Gasteiger charge is -2.05. The Kier molecular flexibility index (Phi) is 5.33. The number of amides is 1. The average molecular weight is 445 g/mol. The molecule has 0 bridgehead atoms. The Balaban J connectivity index is 1.51. The molecule has 0 unspecified atom stereocenters. The molecule has 0 radical (unpaired) electrons. The van der Waals surface area contributed by atoms with Crippen LogP contribution in [0.5, 0.6) is 0 Å². The maximum atomic E-state index is 13.8. The van der Waals surface area contributed by atoms with Gasteiger partial charge in [0.1, 0.15) is 18.1 Å². The summed E-state index contributed by atoms with van der Waals surface area (Å²) < 4.78 is 51.1. The van der Waals surface area contributed by atoms with Crippen molar-refractivity contribution in [1.82, 2.24) is 20.0 Å². The molecular weight excluding hydrogens is 427 g/mol. The molecule has 0 saturated carbocycles. The van der Waals surface area contributed by atoms with Crippen molar-refractivity contribution in [1.29, 1.82) is 0 Å². The first-order valence-electron chi connectivity index (χ1n) is 9.52. The average Bonchev–Trinajstić information content (AvgIpc) is 3.41. The van der Waals surface area contributed by atoms with Crippen molar-refractivity contribution in [3.8, 4) is 11.3 Å². The van der Waals surface area contributed by atoms with Gasteiger partial charge in [-0.15, -0.1) is 5.10 Å². The molecule has 3 aromatic heterocycles. The molecule has 0 aliphatic rings. The Labute approximate surface area is 180 Å². The highest BCUT2D eigenvalue weighted by molar-refractivity contribution is 6.05. The number of aromatic nitrogens is 4. The van der Waals surface area contributed by atoms with Gasteiger partial charge >= 0.3 is 5.92 Å². The van der Waals surface area contributed by atoms with E-state index in [0.717, 1.165) is 6.92 Å². The molecule has 0 saturated heterocycles. The van der Waals surface area contributed by atoms with Gasteiger partial charge in [-0.05, 0) is 42.8 Å². The number of furan rings is 1. The van der Waals surface area contributed by atoms with E-state index in [1.807, 2.05) is 0 Å². The van der Waals surface area contributed by atoms with Crippen molar-refractivity contribution in [3.63, 3.8) is 0 Å². The number of anilines is 1. The third kappa shape index (κ3) is 4.56. The number of nitrogens with zero attached hydrogens (tertiary/aromatic N) is 4. The van der Waals surface area contributed by atoms with E-state index in [4.69, 9.17) is 8.83 Å². The Morgan fingerprint density at radius 2 is 1.97 bits per heavy atom. The monoisotopic (exact) mass is 445 g/mol. The number of hydrogen-bond donors (Lipinski definition) is 1. The molecule has 0 aliphatic heterocycles. The predicted octanol–water partition coefficient (Wildman–Crippen LogP) is 4.69. The number of benzene rings is 1. The maximum absolute atomic E-state index is 13.8. The highest BCUT2D eigenvalue weighted by atomic mass is 19.3. The van der Waals surface area contributed by atoms with Gasteiger partial charge in [0.25, 0.3) is 5.91 Å². The first kappa shape index (κ1) is 21.3. The Hall–Kier alpha value is -3.89. The van der Waals surface area contributed by atoms with Gasteiger partial charge in [-0.2, -0.15) is 18.7 Å². The minimum atomic E-state index is -3.09. The second kappa shape index (κ2) is 7.98. The van der Waals surface area contributed by atoms with Crippen molar-refractivity contribution >= 4 is 11.7 Å². The molecule has 3 heterocycles. The van der Waals surface area contributed by atoms with Crippen LogP contribution in [-0.2, 0) is 12.5 Å². The van der Waals surface area contributed by atoms with Crippen molar-refractivity contribution in [2.24, 2.45) is 0 Å². The Bertz CT molecular complexity index is 1270. The Morgan fingerprint density at radius 1 is 1.19 bits per heavy atom. The van der Waals surface area contributed by atoms with Gasteiger partial charge in [0.2, 0.25) is 0 Å². The molecule has 0 aliphatic carbocycles. The standard InChI is InChI=1S/C21H18F3N5O3/c1-11-6-13(8-14(22)7-11)19-18(26-12(2)31-19)20(30)27-17-9-25-29(28-17)10-15-4-5-16(32-15)21(3,23)24/h4-9H,10H2,1-3H3,(H,27,28,30). The summed E-state index contributed by atoms with van der Waals surface area (Å²) in [5.74, 6) is -3.97. The van der Waals surface area contributed by atoms with Crippen LogP contribution in [-0.4, -0.2) is 25.9 Å². The van der Waals surface area contributed by atoms with Gasteiger partial charge in [0, 0.05) is 19.4 Å². The zero-order valence-corrected chi connectivity index (χ0v) is 17.3. The second-order valence-corrected chi connectivity index (χ2v) is 7.30. The van der Waals surface area contributed by atoms with E-state index in [1.54, 1.807) is 19.9 Å². The van der Waals surface area contributed by atoms with Gasteiger partial charge in [-0.25, -0.2) is 9.37 Å². The van der Waals surface area contributed by atoms with Crippen LogP contribution in [0.15, 0.2) is 45.4 Å². The third-order valence-corrected chi connectivity index (χ3v) is 4.42. The fourth-order valence-corrected chi connectivity index (χ4v) is 3.09. The molecule has 11 heteroatoms. The Morgan fingerprint density at radius 3 is 2.66 bits per heavy atom. The third-order valence-electron chi connectivity index (χ3n) is 4.42. The summed E-state index contributed by atoms with van der Waals surface area (Å²) in [5.41, 5.74) is 0.992. The van der Waals surface area contributed by atoms with E-state index in [2.05, 4.69) is 20.5 Å². The topological polar surface area (TPSA) is 99.0 Å². The molecule has 32 heavy (non-hydrogen) atoms. The summed E-state index contributed by atoms with van der Waals surface area (Å²) in [6.07, 6.45) is 1.29. The summed E-state index contributed by atoms with van der Waals surface area (Å²) in [7, 11) is 0. The van der Waals surface area contributed by atoms with Crippen LogP contribution < -0.4 is 5.32 Å². The lowest BCUT2D eigenvalue weighted by Crippen LogP contribution is -2.14. The van der Waals surface area contributed by atoms with Crippen molar-refractivity contribution < 1.29 is 26.8 Å². The van der Waals surface area contributed by atoms with Crippen molar-refractivity contribution in [2.75, 3.05) is 5.32 Å². The molecule has 1 amide bonds. The summed E-state index contributed by atoms with van der Waals surface area (Å²) in [5, 5.41) is 10.6. The van der Waals surface area contributed by atoms with E-state index in [0.29, 0.717) is 11.1 Å². The number of aryl methyl sites for hydroxylation is 2. The van der Waals surface area contributed by atoms with E-state index in [1.165, 1.54) is 35.3 Å². The van der Waals surface area contributed by atoms with Crippen LogP contribution in [0, 0.1) is 19.7 Å². The van der Waals surface area contributed by atoms with Gasteiger partial charge in [-0.1, -0.05) is 0 Å². The molecule has 0 fully saturated rings. The van der Waals surface area contributed by atoms with Crippen LogP contribution >= 0.6 is 0 Å². The fourth-order valence-electron chi connectivity index (χ4n) is 3.09. The first-order chi connectivity index (χ1) is 15.1. The number of carbonyl (C=O) groups is 1. The number of nitrogens with one attached hydrogen (secondary N) is 1. The van der Waals surface area contributed by atoms with Crippen molar-refractivity contribution in [2.45, 2.75) is 33.2 Å². The molecule has 0 atom stereocenters. The lowest BCUT2D eigenvalue weighted by atomic mass is 10.1. The number of halogens is 3. The van der Waals surface area contributed by atoms with Crippen LogP contribution in [0.4, 0.5) is 19.0 Å². The van der Waals surface area contributed by atoms with Crippen LogP contribution in [0.1, 0.15) is 40.4 Å². The summed E-state index contributed by atoms with van der Waals surface area (Å²) in [6.45, 7) is 4.01. The predicted molar refractivity (Wildman–Crippen MR) is 107 cm³/mol. The highest BCUT2D eigenvalue weighted by Gasteiger charge is 2.28. The van der Waals surface area contributed by atoms with Crippen LogP contribution in [0.2, 0.25) is 0 Å². The first-order valence-corrected chi connectivity index (χ1v) is 9.52. The second-order valence-electron chi connectivity index (χ2n) is 7.30. The molecule has 0 spiro atoms. The molecule has 166 valence electrons. The number of hydrogen-bond acceptors (Lipinski definition) is 6. The quantitative estimate of drug-likeness (QED) is 0.462. The molecule has 4 rings (SSSR count). The number of alkyl halides is 2. The molecule has 1 aromatic carbocycles. The molecule has 8 nitrogen and oxygen atoms in total. The van der Waals surface area contributed by atoms with Crippen LogP contribution in [0.25, 0.3) is 11.3 Å². The van der Waals surface area contributed by atoms with Crippen LogP contribution in [0.3, 0.4) is 0 Å². The minimum absolute atomic E-state index is 0.0111. The molecule has 1 N–H and O–H groups in total. The largest absolute Gasteiger partial charge is 0.458 e. The van der Waals surface area contributed by atoms with Gasteiger partial charge in [0.15, 0.2) is 28.9 Å². The van der Waals surface area contributed by atoms with E-state index < -0.39 is 23.4 Å². The summed E-state index contributed by atoms with van der Waals surface area (Å²) in [4.78, 5) is 18.0. The summed E-state index contributed by atoms with van der Waals surface area (Å²) >= 11 is 0. The minimum Gasteiger partial charge on any atom is -0.458 e. The SMILES string of the molecule is Cc1cc(F)cc(-c2oc(C)nc2C(=O)Nc2cnn(Cc3ccc(C(C)(F)F)o3)n2)c1. The van der Waals surface area contributed by atoms with Gasteiger partial charge in [-0.3, -0.25) is 4.79 Å². The number of rotatable bonds is 6. The smallest absolute Gasteiger partial charge is 0.301 e. The molecule has 4 aromatic rings. The van der Waals surface area contributed by atoms with Crippen molar-refractivity contribution in [3.05, 3.63) is 71.0 Å². The van der Waals surface area contributed by atoms with E-state index in [9.17, 15) is 18.0 Å². The highest BCUT2D eigenvalue weighted by Crippen LogP contribution is 2.29. The molecular formula is C21H18F3N5O3. The zero-order chi connectivity index (χ0) is 23.0. The van der Waals surface area contributed by atoms with Gasteiger partial charge < -0.3 is 14.2 Å². The number of carbonyl (C=O) groups excluding carboxylic acids is 1. The number of oxazole rings is 1. The van der Waals surface area contributed by atoms with Gasteiger partial charge in [0.05, 0.1) is 6.20 Å². The zero-order valence-electron chi connectivity index (χ0n) is 17.3.